The average molecular weight is 277 g/mol. The Balaban J connectivity index is 0.00000169. The van der Waals surface area contributed by atoms with Gasteiger partial charge in [-0.2, -0.15) is 0 Å². The van der Waals surface area contributed by atoms with Crippen LogP contribution in [0.25, 0.3) is 0 Å². The molecule has 75 valence electrons. The van der Waals surface area contributed by atoms with Gasteiger partial charge >= 0.3 is 0 Å². The van der Waals surface area contributed by atoms with Crippen LogP contribution in [0.15, 0.2) is 0 Å². The second-order valence-corrected chi connectivity index (χ2v) is 8.34. The fourth-order valence-electron chi connectivity index (χ4n) is 2.17. The Morgan fingerprint density at radius 1 is 1.15 bits per heavy atom. The minimum Gasteiger partial charge on any atom is -0.0652 e. The Morgan fingerprint density at radius 2 is 1.77 bits per heavy atom. The third-order valence-electron chi connectivity index (χ3n) is 3.14. The zero-order valence-electron chi connectivity index (χ0n) is 10.3. The Bertz CT molecular complexity index is 146. The summed E-state index contributed by atoms with van der Waals surface area (Å²) in [5.74, 6) is 0. The van der Waals surface area contributed by atoms with E-state index >= 15 is 0 Å². The van der Waals surface area contributed by atoms with Gasteiger partial charge in [-0.25, -0.2) is 0 Å². The van der Waals surface area contributed by atoms with Crippen LogP contribution in [0.2, 0.25) is 0 Å². The molecule has 1 unspecified atom stereocenters. The second-order valence-electron chi connectivity index (χ2n) is 4.01. The predicted molar refractivity (Wildman–Crippen MR) is 60.8 cm³/mol. The van der Waals surface area contributed by atoms with Crippen molar-refractivity contribution in [2.75, 3.05) is 24.6 Å². The largest absolute Gasteiger partial charge is 0.0708 e. The van der Waals surface area contributed by atoms with Crippen molar-refractivity contribution in [3.8, 4) is 0 Å². The first-order valence-electron chi connectivity index (χ1n) is 6.11. The van der Waals surface area contributed by atoms with Crippen LogP contribution in [-0.2, 0) is 32.7 Å². The van der Waals surface area contributed by atoms with Crippen molar-refractivity contribution in [2.24, 2.45) is 0 Å². The standard InChI is InChI=1S/C11H24P.Y/c1-3-5-9-12(4-2)10-7-6-8-11-12;/h3-11H2,1-2H3;/q+1;/i9D;. The first kappa shape index (κ1) is 12.6. The van der Waals surface area contributed by atoms with Gasteiger partial charge in [0.25, 0.3) is 0 Å². The molecule has 0 spiro atoms. The van der Waals surface area contributed by atoms with Crippen molar-refractivity contribution in [3.05, 3.63) is 0 Å². The third-order valence-corrected chi connectivity index (χ3v) is 7.85. The van der Waals surface area contributed by atoms with E-state index in [1.54, 1.807) is 0 Å². The molecule has 0 saturated carbocycles. The van der Waals surface area contributed by atoms with Crippen molar-refractivity contribution in [2.45, 2.75) is 46.0 Å². The molecule has 0 nitrogen and oxygen atoms in total. The van der Waals surface area contributed by atoms with Crippen LogP contribution >= 0.6 is 7.26 Å². The minimum absolute atomic E-state index is 0. The molecule has 0 aromatic rings. The van der Waals surface area contributed by atoms with E-state index in [1.165, 1.54) is 44.2 Å². The van der Waals surface area contributed by atoms with E-state index in [0.29, 0.717) is 6.14 Å². The summed E-state index contributed by atoms with van der Waals surface area (Å²) in [6.07, 6.45) is 11.1. The summed E-state index contributed by atoms with van der Waals surface area (Å²) in [6.45, 7) is 4.55. The molecule has 1 saturated heterocycles. The Morgan fingerprint density at radius 3 is 2.23 bits per heavy atom. The molecular formula is C11H24PY+. The van der Waals surface area contributed by atoms with Crippen LogP contribution < -0.4 is 0 Å². The van der Waals surface area contributed by atoms with Crippen LogP contribution in [0.5, 0.6) is 0 Å². The van der Waals surface area contributed by atoms with E-state index in [-0.39, 0.29) is 32.7 Å². The summed E-state index contributed by atoms with van der Waals surface area (Å²) < 4.78 is 8.26. The molecule has 1 radical (unpaired) electrons. The molecule has 1 fully saturated rings. The van der Waals surface area contributed by atoms with Crippen LogP contribution in [0.1, 0.15) is 47.3 Å². The SMILES string of the molecule is [2H]C(CCC)[P+]1(CC)CCCCC1.[Y]. The fourth-order valence-corrected chi connectivity index (χ4v) is 6.16. The molecule has 0 bridgehead atoms. The molecule has 1 aliphatic rings. The van der Waals surface area contributed by atoms with Crippen molar-refractivity contribution in [3.63, 3.8) is 0 Å². The fraction of sp³-hybridized carbons (Fsp3) is 1.00. The number of rotatable bonds is 4. The first-order valence-corrected chi connectivity index (χ1v) is 7.94. The maximum atomic E-state index is 8.26. The average Bonchev–Trinajstić information content (AvgIpc) is 2.19. The van der Waals surface area contributed by atoms with Gasteiger partial charge in [0.15, 0.2) is 0 Å². The topological polar surface area (TPSA) is 0 Å². The summed E-state index contributed by atoms with van der Waals surface area (Å²) in [6, 6.07) is 0. The number of hydrogen-bond donors (Lipinski definition) is 0. The van der Waals surface area contributed by atoms with E-state index in [4.69, 9.17) is 1.37 Å². The van der Waals surface area contributed by atoms with Crippen LogP contribution in [-0.4, -0.2) is 24.6 Å². The van der Waals surface area contributed by atoms with Crippen LogP contribution in [0.4, 0.5) is 0 Å². The van der Waals surface area contributed by atoms with Gasteiger partial charge in [-0.1, -0.05) is 13.3 Å². The zero-order chi connectivity index (χ0) is 9.73. The summed E-state index contributed by atoms with van der Waals surface area (Å²) >= 11 is 0. The monoisotopic (exact) mass is 277 g/mol. The van der Waals surface area contributed by atoms with Crippen LogP contribution in [0.3, 0.4) is 0 Å². The van der Waals surface area contributed by atoms with E-state index in [1.807, 2.05) is 0 Å². The summed E-state index contributed by atoms with van der Waals surface area (Å²) in [5.41, 5.74) is 0. The maximum Gasteiger partial charge on any atom is 0.0708 e. The van der Waals surface area contributed by atoms with Gasteiger partial charge in [-0.15, -0.1) is 0 Å². The molecule has 1 atom stereocenters. The van der Waals surface area contributed by atoms with E-state index in [0.717, 1.165) is 6.42 Å². The van der Waals surface area contributed by atoms with Crippen molar-refractivity contribution in [1.29, 1.82) is 0 Å². The van der Waals surface area contributed by atoms with Gasteiger partial charge in [-0.05, 0) is 32.6 Å². The quantitative estimate of drug-likeness (QED) is 0.681. The minimum atomic E-state index is -0.812. The Labute approximate surface area is 111 Å². The number of hydrogen-bond acceptors (Lipinski definition) is 0. The van der Waals surface area contributed by atoms with Crippen molar-refractivity contribution < 1.29 is 34.1 Å². The zero-order valence-corrected chi connectivity index (χ0v) is 13.0. The molecule has 0 aromatic heterocycles. The Hall–Kier alpha value is 1.53. The first-order chi connectivity index (χ1) is 6.25. The molecule has 0 aliphatic carbocycles. The van der Waals surface area contributed by atoms with Gasteiger partial charge < -0.3 is 0 Å². The van der Waals surface area contributed by atoms with E-state index in [2.05, 4.69) is 13.8 Å². The van der Waals surface area contributed by atoms with Gasteiger partial charge in [0.1, 0.15) is 0 Å². The summed E-state index contributed by atoms with van der Waals surface area (Å²) in [4.78, 5) is 0. The van der Waals surface area contributed by atoms with Gasteiger partial charge in [0, 0.05) is 40.0 Å². The molecule has 1 aliphatic heterocycles. The van der Waals surface area contributed by atoms with E-state index in [9.17, 15) is 0 Å². The molecule has 13 heavy (non-hydrogen) atoms. The second kappa shape index (κ2) is 7.78. The van der Waals surface area contributed by atoms with Crippen LogP contribution in [0, 0.1) is 0 Å². The molecule has 2 heteroatoms. The third kappa shape index (κ3) is 4.72. The van der Waals surface area contributed by atoms with Gasteiger partial charge in [0.2, 0.25) is 0 Å². The molecule has 0 amide bonds. The Kier molecular flexibility index (Phi) is 7.54. The maximum absolute atomic E-state index is 8.26. The molecule has 0 N–H and O–H groups in total. The normalized spacial score (nSPS) is 24.3. The molecule has 1 rings (SSSR count). The summed E-state index contributed by atoms with van der Waals surface area (Å²) in [5, 5.41) is 0. The smallest absolute Gasteiger partial charge is 0.0652 e. The van der Waals surface area contributed by atoms with Gasteiger partial charge in [-0.3, -0.25) is 0 Å². The summed E-state index contributed by atoms with van der Waals surface area (Å²) in [7, 11) is -0.812. The molecular weight excluding hydrogens is 252 g/mol. The van der Waals surface area contributed by atoms with Crippen molar-refractivity contribution in [1.82, 2.24) is 0 Å². The van der Waals surface area contributed by atoms with Crippen molar-refractivity contribution >= 4 is 7.26 Å². The van der Waals surface area contributed by atoms with E-state index < -0.39 is 7.26 Å². The predicted octanol–water partition coefficient (Wildman–Crippen LogP) is 4.01. The molecule has 0 aromatic carbocycles. The molecule has 1 heterocycles. The van der Waals surface area contributed by atoms with Gasteiger partial charge in [0.05, 0.1) is 26.0 Å².